The first-order chi connectivity index (χ1) is 8.11. The van der Waals surface area contributed by atoms with E-state index < -0.39 is 0 Å². The summed E-state index contributed by atoms with van der Waals surface area (Å²) in [4.78, 5) is 11.8. The second-order valence-electron chi connectivity index (χ2n) is 3.56. The van der Waals surface area contributed by atoms with Crippen molar-refractivity contribution in [1.82, 2.24) is 9.78 Å². The first-order valence-electron chi connectivity index (χ1n) is 4.89. The molecule has 17 heavy (non-hydrogen) atoms. The van der Waals surface area contributed by atoms with Gasteiger partial charge >= 0.3 is 0 Å². The summed E-state index contributed by atoms with van der Waals surface area (Å²) < 4.78 is 1.47. The highest BCUT2D eigenvalue weighted by Crippen LogP contribution is 2.14. The number of alkyl halides is 1. The van der Waals surface area contributed by atoms with Gasteiger partial charge in [-0.2, -0.15) is 0 Å². The van der Waals surface area contributed by atoms with E-state index in [1.165, 1.54) is 4.68 Å². The fourth-order valence-corrected chi connectivity index (χ4v) is 2.39. The van der Waals surface area contributed by atoms with Crippen LogP contribution in [0.25, 0.3) is 0 Å². The van der Waals surface area contributed by atoms with Crippen molar-refractivity contribution in [2.45, 2.75) is 11.9 Å². The number of hydrogen-bond donors (Lipinski definition) is 1. The summed E-state index contributed by atoms with van der Waals surface area (Å²) >= 11 is 14.9. The lowest BCUT2D eigenvalue weighted by Gasteiger charge is -2.02. The largest absolute Gasteiger partial charge is 0.297 e. The molecule has 0 saturated heterocycles. The highest BCUT2D eigenvalue weighted by Gasteiger charge is 2.10. The molecule has 0 fully saturated rings. The van der Waals surface area contributed by atoms with Gasteiger partial charge in [0.2, 0.25) is 0 Å². The van der Waals surface area contributed by atoms with Gasteiger partial charge in [-0.3, -0.25) is 9.89 Å². The second kappa shape index (κ2) is 5.29. The predicted molar refractivity (Wildman–Crippen MR) is 73.2 cm³/mol. The summed E-state index contributed by atoms with van der Waals surface area (Å²) in [5.41, 5.74) is 1.46. The Bertz CT molecular complexity index is 574. The van der Waals surface area contributed by atoms with Crippen LogP contribution in [0.4, 0.5) is 0 Å². The zero-order valence-electron chi connectivity index (χ0n) is 8.71. The van der Waals surface area contributed by atoms with Crippen LogP contribution in [0.2, 0.25) is 10.0 Å². The second-order valence-corrected chi connectivity index (χ2v) is 4.93. The monoisotopic (exact) mass is 334 g/mol. The van der Waals surface area contributed by atoms with Gasteiger partial charge in [-0.25, -0.2) is 4.68 Å². The Morgan fingerprint density at radius 2 is 1.88 bits per heavy atom. The minimum Gasteiger partial charge on any atom is -0.297 e. The highest BCUT2D eigenvalue weighted by molar-refractivity contribution is 9.08. The molecule has 1 aromatic carbocycles. The van der Waals surface area contributed by atoms with Crippen molar-refractivity contribution in [2.75, 3.05) is 0 Å². The van der Waals surface area contributed by atoms with E-state index in [-0.39, 0.29) is 10.6 Å². The van der Waals surface area contributed by atoms with E-state index in [1.807, 2.05) is 12.1 Å². The molecule has 0 spiro atoms. The zero-order valence-corrected chi connectivity index (χ0v) is 11.8. The van der Waals surface area contributed by atoms with Gasteiger partial charge in [0.15, 0.2) is 0 Å². The summed E-state index contributed by atoms with van der Waals surface area (Å²) in [7, 11) is 0. The Morgan fingerprint density at radius 3 is 2.41 bits per heavy atom. The van der Waals surface area contributed by atoms with Gasteiger partial charge in [-0.15, -0.1) is 0 Å². The fraction of sp³-hybridized carbons (Fsp3) is 0.182. The molecule has 3 nitrogen and oxygen atoms in total. The summed E-state index contributed by atoms with van der Waals surface area (Å²) in [6, 6.07) is 7.32. The highest BCUT2D eigenvalue weighted by atomic mass is 79.9. The molecule has 0 atom stereocenters. The van der Waals surface area contributed by atoms with Crippen LogP contribution in [0.15, 0.2) is 29.1 Å². The van der Waals surface area contributed by atoms with Crippen molar-refractivity contribution < 1.29 is 0 Å². The molecule has 0 unspecified atom stereocenters. The topological polar surface area (TPSA) is 37.8 Å². The van der Waals surface area contributed by atoms with Crippen molar-refractivity contribution in [1.29, 1.82) is 0 Å². The maximum atomic E-state index is 11.8. The van der Waals surface area contributed by atoms with Crippen molar-refractivity contribution in [3.63, 3.8) is 0 Å². The van der Waals surface area contributed by atoms with Crippen molar-refractivity contribution >= 4 is 39.1 Å². The molecule has 2 rings (SSSR count). The lowest BCUT2D eigenvalue weighted by molar-refractivity contribution is 0.657. The van der Waals surface area contributed by atoms with E-state index in [9.17, 15) is 4.79 Å². The number of aromatic nitrogens is 2. The lowest BCUT2D eigenvalue weighted by Crippen LogP contribution is -2.17. The van der Waals surface area contributed by atoms with Crippen LogP contribution < -0.4 is 5.56 Å². The van der Waals surface area contributed by atoms with Crippen LogP contribution >= 0.6 is 39.1 Å². The molecule has 6 heteroatoms. The molecule has 0 saturated carbocycles. The molecule has 0 radical (unpaired) electrons. The first kappa shape index (κ1) is 12.7. The zero-order chi connectivity index (χ0) is 12.4. The molecule has 1 aromatic heterocycles. The molecule has 90 valence electrons. The molecule has 2 aromatic rings. The Balaban J connectivity index is 2.30. The van der Waals surface area contributed by atoms with Gasteiger partial charge < -0.3 is 0 Å². The molecule has 0 aliphatic heterocycles. The Morgan fingerprint density at radius 1 is 1.24 bits per heavy atom. The minimum atomic E-state index is -0.212. The third-order valence-electron chi connectivity index (χ3n) is 2.36. The van der Waals surface area contributed by atoms with E-state index in [4.69, 9.17) is 23.2 Å². The third-order valence-corrected chi connectivity index (χ3v) is 3.56. The molecule has 1 N–H and O–H groups in total. The molecular weight excluding hydrogens is 327 g/mol. The average molecular weight is 336 g/mol. The number of halogens is 3. The SMILES string of the molecule is O=c1c(Cl)c(CBr)[nH]n1Cc1ccc(Cl)cc1. The smallest absolute Gasteiger partial charge is 0.285 e. The van der Waals surface area contributed by atoms with Crippen LogP contribution in [0, 0.1) is 0 Å². The van der Waals surface area contributed by atoms with Gasteiger partial charge in [0, 0.05) is 10.4 Å². The van der Waals surface area contributed by atoms with E-state index in [2.05, 4.69) is 21.0 Å². The Labute approximate surface area is 116 Å². The number of aromatic amines is 1. The number of H-pyrrole nitrogens is 1. The number of rotatable bonds is 3. The molecular formula is C11H9BrCl2N2O. The average Bonchev–Trinajstić information content (AvgIpc) is 2.60. The number of benzene rings is 1. The maximum absolute atomic E-state index is 11.8. The normalized spacial score (nSPS) is 10.8. The number of nitrogens with zero attached hydrogens (tertiary/aromatic N) is 1. The van der Waals surface area contributed by atoms with Gasteiger partial charge in [0.1, 0.15) is 5.02 Å². The minimum absolute atomic E-state index is 0.212. The van der Waals surface area contributed by atoms with E-state index in [0.29, 0.717) is 22.6 Å². The number of nitrogens with one attached hydrogen (secondary N) is 1. The van der Waals surface area contributed by atoms with Crippen LogP contribution in [0.3, 0.4) is 0 Å². The standard InChI is InChI=1S/C11H9BrCl2N2O/c12-5-9-10(14)11(17)16(15-9)6-7-1-3-8(13)4-2-7/h1-4,15H,5-6H2. The molecule has 0 aliphatic rings. The van der Waals surface area contributed by atoms with E-state index in [0.717, 1.165) is 5.56 Å². The summed E-state index contributed by atoms with van der Waals surface area (Å²) in [6.07, 6.45) is 0. The van der Waals surface area contributed by atoms with E-state index >= 15 is 0 Å². The van der Waals surface area contributed by atoms with Gasteiger partial charge in [0.25, 0.3) is 5.56 Å². The van der Waals surface area contributed by atoms with Crippen LogP contribution in [-0.4, -0.2) is 9.78 Å². The van der Waals surface area contributed by atoms with Crippen molar-refractivity contribution in [3.8, 4) is 0 Å². The van der Waals surface area contributed by atoms with Gasteiger partial charge in [-0.05, 0) is 17.7 Å². The van der Waals surface area contributed by atoms with Gasteiger partial charge in [-0.1, -0.05) is 51.3 Å². The summed E-state index contributed by atoms with van der Waals surface area (Å²) in [5.74, 6) is 0. The van der Waals surface area contributed by atoms with Crippen LogP contribution in [0.1, 0.15) is 11.3 Å². The Hall–Kier alpha value is -0.710. The summed E-state index contributed by atoms with van der Waals surface area (Å²) in [6.45, 7) is 0.447. The molecule has 0 amide bonds. The number of hydrogen-bond acceptors (Lipinski definition) is 1. The molecule has 1 heterocycles. The summed E-state index contributed by atoms with van der Waals surface area (Å²) in [5, 5.41) is 4.38. The predicted octanol–water partition coefficient (Wildman–Crippen LogP) is 3.43. The molecule has 0 bridgehead atoms. The lowest BCUT2D eigenvalue weighted by atomic mass is 10.2. The third kappa shape index (κ3) is 2.76. The van der Waals surface area contributed by atoms with Crippen molar-refractivity contribution in [3.05, 3.63) is 55.9 Å². The van der Waals surface area contributed by atoms with E-state index in [1.54, 1.807) is 12.1 Å². The Kier molecular flexibility index (Phi) is 3.97. The first-order valence-corrected chi connectivity index (χ1v) is 6.77. The van der Waals surface area contributed by atoms with Crippen LogP contribution in [0.5, 0.6) is 0 Å². The fourth-order valence-electron chi connectivity index (χ4n) is 1.48. The van der Waals surface area contributed by atoms with Crippen molar-refractivity contribution in [2.24, 2.45) is 0 Å². The van der Waals surface area contributed by atoms with Crippen LogP contribution in [-0.2, 0) is 11.9 Å². The van der Waals surface area contributed by atoms with Gasteiger partial charge in [0.05, 0.1) is 12.2 Å². The maximum Gasteiger partial charge on any atom is 0.285 e. The molecule has 0 aliphatic carbocycles. The quantitative estimate of drug-likeness (QED) is 0.857.